The number of halogens is 3. The quantitative estimate of drug-likeness (QED) is 0.257. The molecule has 38 heavy (non-hydrogen) atoms. The summed E-state index contributed by atoms with van der Waals surface area (Å²) in [5.41, 5.74) is 0.250. The van der Waals surface area contributed by atoms with Gasteiger partial charge in [-0.2, -0.15) is 17.5 Å². The van der Waals surface area contributed by atoms with E-state index in [1.54, 1.807) is 19.1 Å². The number of carboxylic acids is 1. The van der Waals surface area contributed by atoms with E-state index in [4.69, 9.17) is 9.84 Å². The van der Waals surface area contributed by atoms with Crippen LogP contribution in [0.2, 0.25) is 0 Å². The summed E-state index contributed by atoms with van der Waals surface area (Å²) in [6, 6.07) is 16.0. The molecule has 0 saturated carbocycles. The van der Waals surface area contributed by atoms with Gasteiger partial charge in [0.25, 0.3) is 0 Å². The molecule has 3 rings (SSSR count). The Hall–Kier alpha value is -3.02. The van der Waals surface area contributed by atoms with Crippen molar-refractivity contribution in [2.45, 2.75) is 36.2 Å². The number of carbonyl (C=O) groups is 1. The fraction of sp³-hybridized carbons (Fsp3) is 0.296. The van der Waals surface area contributed by atoms with Gasteiger partial charge < -0.3 is 9.84 Å². The highest BCUT2D eigenvalue weighted by Crippen LogP contribution is 2.37. The van der Waals surface area contributed by atoms with Gasteiger partial charge >= 0.3 is 12.1 Å². The fourth-order valence-corrected chi connectivity index (χ4v) is 6.44. The molecule has 0 spiro atoms. The average Bonchev–Trinajstić information content (AvgIpc) is 2.87. The zero-order chi connectivity index (χ0) is 27.9. The van der Waals surface area contributed by atoms with Crippen LogP contribution >= 0.6 is 11.8 Å². The maximum atomic E-state index is 13.4. The Balaban J connectivity index is 1.71. The van der Waals surface area contributed by atoms with Crippen LogP contribution in [-0.2, 0) is 21.0 Å². The van der Waals surface area contributed by atoms with Crippen LogP contribution in [0.25, 0.3) is 11.1 Å². The molecule has 0 unspecified atom stereocenters. The average molecular weight is 568 g/mol. The normalized spacial score (nSPS) is 12.1. The SMILES string of the molecule is CCCN(CCSc1ccc(OCC(=O)O)c(C)c1)S(=O)(=O)c1ccc(-c2ccccc2C(F)(F)F)cc1. The van der Waals surface area contributed by atoms with Crippen molar-refractivity contribution in [3.05, 3.63) is 77.9 Å². The lowest BCUT2D eigenvalue weighted by atomic mass is 9.99. The molecule has 0 atom stereocenters. The molecule has 0 saturated heterocycles. The van der Waals surface area contributed by atoms with Gasteiger partial charge in [0.2, 0.25) is 10.0 Å². The van der Waals surface area contributed by atoms with Gasteiger partial charge in [0.1, 0.15) is 5.75 Å². The van der Waals surface area contributed by atoms with Crippen LogP contribution in [0.3, 0.4) is 0 Å². The highest BCUT2D eigenvalue weighted by molar-refractivity contribution is 7.99. The number of thioether (sulfide) groups is 1. The molecule has 0 heterocycles. The molecule has 3 aromatic carbocycles. The van der Waals surface area contributed by atoms with Gasteiger partial charge in [-0.25, -0.2) is 13.2 Å². The summed E-state index contributed by atoms with van der Waals surface area (Å²) >= 11 is 1.45. The Morgan fingerprint density at radius 1 is 1.03 bits per heavy atom. The topological polar surface area (TPSA) is 83.9 Å². The number of carboxylic acid groups (broad SMARTS) is 1. The summed E-state index contributed by atoms with van der Waals surface area (Å²) in [7, 11) is -3.86. The van der Waals surface area contributed by atoms with E-state index in [9.17, 15) is 26.4 Å². The molecular formula is C27H28F3NO5S2. The lowest BCUT2D eigenvalue weighted by Gasteiger charge is -2.22. The van der Waals surface area contributed by atoms with E-state index >= 15 is 0 Å². The molecule has 0 radical (unpaired) electrons. The first-order chi connectivity index (χ1) is 17.9. The molecule has 11 heteroatoms. The predicted octanol–water partition coefficient (Wildman–Crippen LogP) is 6.34. The van der Waals surface area contributed by atoms with Crippen molar-refractivity contribution in [2.24, 2.45) is 0 Å². The van der Waals surface area contributed by atoms with Crippen LogP contribution < -0.4 is 4.74 Å². The predicted molar refractivity (Wildman–Crippen MR) is 141 cm³/mol. The molecule has 0 aliphatic carbocycles. The van der Waals surface area contributed by atoms with Gasteiger partial charge in [0, 0.05) is 23.7 Å². The number of nitrogens with zero attached hydrogens (tertiary/aromatic N) is 1. The number of aryl methyl sites for hydroxylation is 1. The number of ether oxygens (including phenoxy) is 1. The number of hydrogen-bond acceptors (Lipinski definition) is 5. The number of sulfonamides is 1. The highest BCUT2D eigenvalue weighted by Gasteiger charge is 2.33. The molecule has 204 valence electrons. The Kier molecular flexibility index (Phi) is 9.86. The summed E-state index contributed by atoms with van der Waals surface area (Å²) in [5.74, 6) is -0.139. The van der Waals surface area contributed by atoms with Crippen LogP contribution in [0.15, 0.2) is 76.5 Å². The minimum Gasteiger partial charge on any atom is -0.482 e. The molecule has 0 aliphatic rings. The summed E-state index contributed by atoms with van der Waals surface area (Å²) in [5, 5.41) is 8.76. The van der Waals surface area contributed by atoms with Crippen molar-refractivity contribution in [1.29, 1.82) is 0 Å². The smallest absolute Gasteiger partial charge is 0.417 e. The van der Waals surface area contributed by atoms with Gasteiger partial charge in [-0.15, -0.1) is 11.8 Å². The van der Waals surface area contributed by atoms with Gasteiger partial charge in [-0.1, -0.05) is 37.3 Å². The first-order valence-corrected chi connectivity index (χ1v) is 14.2. The third kappa shape index (κ3) is 7.52. The molecule has 0 aromatic heterocycles. The molecule has 0 bridgehead atoms. The second-order valence-corrected chi connectivity index (χ2v) is 11.5. The van der Waals surface area contributed by atoms with Crippen LogP contribution in [0, 0.1) is 6.92 Å². The second kappa shape index (κ2) is 12.7. The number of aliphatic carboxylic acids is 1. The number of alkyl halides is 3. The largest absolute Gasteiger partial charge is 0.482 e. The molecule has 1 N–H and O–H groups in total. The van der Waals surface area contributed by atoms with Crippen molar-refractivity contribution in [3.63, 3.8) is 0 Å². The number of rotatable bonds is 12. The third-order valence-corrected chi connectivity index (χ3v) is 8.50. The Bertz CT molecular complexity index is 1360. The standard InChI is InChI=1S/C27H28F3NO5S2/c1-3-14-31(15-16-37-21-10-13-25(19(2)17-21)36-18-26(32)33)38(34,35)22-11-8-20(9-12-22)23-6-4-5-7-24(23)27(28,29)30/h4-13,17H,3,14-16,18H2,1-2H3,(H,32,33). The van der Waals surface area contributed by atoms with Crippen LogP contribution in [0.4, 0.5) is 13.2 Å². The minimum absolute atomic E-state index is 0.0135. The van der Waals surface area contributed by atoms with Crippen molar-refractivity contribution in [1.82, 2.24) is 4.31 Å². The minimum atomic E-state index is -4.53. The zero-order valence-electron chi connectivity index (χ0n) is 20.9. The lowest BCUT2D eigenvalue weighted by molar-refractivity contribution is -0.139. The summed E-state index contributed by atoms with van der Waals surface area (Å²) in [6.45, 7) is 3.75. The Morgan fingerprint density at radius 2 is 1.71 bits per heavy atom. The maximum absolute atomic E-state index is 13.4. The molecule has 3 aromatic rings. The first-order valence-electron chi connectivity index (χ1n) is 11.8. The van der Waals surface area contributed by atoms with Gasteiger partial charge in [0.05, 0.1) is 10.5 Å². The Morgan fingerprint density at radius 3 is 2.32 bits per heavy atom. The molecule has 0 fully saturated rings. The monoisotopic (exact) mass is 567 g/mol. The number of hydrogen-bond donors (Lipinski definition) is 1. The van der Waals surface area contributed by atoms with Gasteiger partial charge in [-0.3, -0.25) is 0 Å². The van der Waals surface area contributed by atoms with Gasteiger partial charge in [-0.05, 0) is 66.4 Å². The van der Waals surface area contributed by atoms with Crippen molar-refractivity contribution < 1.29 is 36.2 Å². The molecule has 0 amide bonds. The van der Waals surface area contributed by atoms with E-state index in [0.29, 0.717) is 24.5 Å². The summed E-state index contributed by atoms with van der Waals surface area (Å²) in [6.07, 6.45) is -3.93. The number of benzene rings is 3. The second-order valence-electron chi connectivity index (χ2n) is 8.43. The molecular weight excluding hydrogens is 539 g/mol. The van der Waals surface area contributed by atoms with Crippen molar-refractivity contribution in [2.75, 3.05) is 25.4 Å². The van der Waals surface area contributed by atoms with Crippen LogP contribution in [0.5, 0.6) is 5.75 Å². The maximum Gasteiger partial charge on any atom is 0.417 e. The van der Waals surface area contributed by atoms with E-state index in [0.717, 1.165) is 16.5 Å². The van der Waals surface area contributed by atoms with Crippen molar-refractivity contribution in [3.8, 4) is 16.9 Å². The van der Waals surface area contributed by atoms with E-state index in [1.807, 2.05) is 13.0 Å². The van der Waals surface area contributed by atoms with Crippen LogP contribution in [-0.4, -0.2) is 49.2 Å². The van der Waals surface area contributed by atoms with Crippen LogP contribution in [0.1, 0.15) is 24.5 Å². The van der Waals surface area contributed by atoms with Gasteiger partial charge in [0.15, 0.2) is 6.61 Å². The Labute approximate surface area is 224 Å². The van der Waals surface area contributed by atoms with E-state index in [-0.39, 0.29) is 22.6 Å². The first kappa shape index (κ1) is 29.5. The third-order valence-electron chi connectivity index (χ3n) is 5.62. The highest BCUT2D eigenvalue weighted by atomic mass is 32.2. The molecule has 6 nitrogen and oxygen atoms in total. The fourth-order valence-electron chi connectivity index (χ4n) is 3.82. The van der Waals surface area contributed by atoms with E-state index in [2.05, 4.69) is 0 Å². The lowest BCUT2D eigenvalue weighted by Crippen LogP contribution is -2.33. The zero-order valence-corrected chi connectivity index (χ0v) is 22.5. The van der Waals surface area contributed by atoms with Crippen molar-refractivity contribution >= 4 is 27.8 Å². The van der Waals surface area contributed by atoms with E-state index in [1.165, 1.54) is 58.5 Å². The molecule has 0 aliphatic heterocycles. The summed E-state index contributed by atoms with van der Waals surface area (Å²) < 4.78 is 73.5. The summed E-state index contributed by atoms with van der Waals surface area (Å²) in [4.78, 5) is 11.6. The van der Waals surface area contributed by atoms with E-state index < -0.39 is 34.3 Å².